The monoisotopic (exact) mass is 313 g/mol. The van der Waals surface area contributed by atoms with Crippen LogP contribution in [-0.4, -0.2) is 31.8 Å². The minimum Gasteiger partial charge on any atom is -0.377 e. The largest absolute Gasteiger partial charge is 0.377 e. The molecule has 0 atom stereocenters. The molecule has 0 bridgehead atoms. The van der Waals surface area contributed by atoms with Crippen molar-refractivity contribution in [1.82, 2.24) is 24.7 Å². The van der Waals surface area contributed by atoms with E-state index in [1.54, 1.807) is 17.7 Å². The maximum atomic E-state index is 11.7. The van der Waals surface area contributed by atoms with E-state index in [9.17, 15) is 4.79 Å². The van der Waals surface area contributed by atoms with Gasteiger partial charge in [-0.25, -0.2) is 19.9 Å². The maximum absolute atomic E-state index is 11.7. The predicted molar refractivity (Wildman–Crippen MR) is 73.0 cm³/mol. The topological polar surface area (TPSA) is 85.7 Å². The lowest BCUT2D eigenvalue weighted by molar-refractivity contribution is 0.177. The first-order valence-electron chi connectivity index (χ1n) is 6.04. The molecule has 0 radical (unpaired) electrons. The number of nitrogens with zero attached hydrogens (tertiary/aromatic N) is 4. The fourth-order valence-electron chi connectivity index (χ4n) is 1.80. The van der Waals surface area contributed by atoms with E-state index in [2.05, 4.69) is 20.2 Å². The van der Waals surface area contributed by atoms with E-state index in [0.717, 1.165) is 12.8 Å². The highest BCUT2D eigenvalue weighted by Gasteiger charge is 2.29. The van der Waals surface area contributed by atoms with Gasteiger partial charge in [0.15, 0.2) is 11.0 Å². The van der Waals surface area contributed by atoms with Crippen molar-refractivity contribution >= 4 is 23.4 Å². The number of halogens is 1. The van der Waals surface area contributed by atoms with Crippen LogP contribution in [0.5, 0.6) is 0 Å². The summed E-state index contributed by atoms with van der Waals surface area (Å²) in [6.45, 7) is 0.282. The van der Waals surface area contributed by atoms with Crippen LogP contribution in [0.15, 0.2) is 21.0 Å². The van der Waals surface area contributed by atoms with Gasteiger partial charge in [-0.1, -0.05) is 11.6 Å². The van der Waals surface area contributed by atoms with Crippen molar-refractivity contribution < 1.29 is 4.74 Å². The van der Waals surface area contributed by atoms with Crippen LogP contribution in [0.2, 0.25) is 5.15 Å². The van der Waals surface area contributed by atoms with Crippen LogP contribution in [0.3, 0.4) is 0 Å². The summed E-state index contributed by atoms with van der Waals surface area (Å²) in [6, 6.07) is 1.89. The van der Waals surface area contributed by atoms with Gasteiger partial charge in [-0.2, -0.15) is 0 Å². The molecule has 0 saturated heterocycles. The summed E-state index contributed by atoms with van der Waals surface area (Å²) in [5.74, 6) is 0.498. The number of hydrogen-bond acceptors (Lipinski definition) is 6. The molecule has 0 unspecified atom stereocenters. The third-order valence-corrected chi connectivity index (χ3v) is 3.85. The van der Waals surface area contributed by atoms with E-state index in [1.165, 1.54) is 11.8 Å². The number of H-pyrrole nitrogens is 1. The molecule has 1 fully saturated rings. The normalized spacial score (nSPS) is 14.7. The van der Waals surface area contributed by atoms with Gasteiger partial charge >= 0.3 is 5.69 Å². The highest BCUT2D eigenvalue weighted by Crippen LogP contribution is 2.37. The van der Waals surface area contributed by atoms with Crippen molar-refractivity contribution in [3.05, 3.63) is 27.5 Å². The van der Waals surface area contributed by atoms with Crippen LogP contribution in [0.25, 0.3) is 0 Å². The number of ether oxygens (including phenoxy) is 1. The van der Waals surface area contributed by atoms with Crippen molar-refractivity contribution in [2.45, 2.75) is 35.7 Å². The minimum absolute atomic E-state index is 0.188. The molecule has 7 nitrogen and oxygen atoms in total. The Morgan fingerprint density at radius 1 is 1.55 bits per heavy atom. The zero-order chi connectivity index (χ0) is 14.1. The molecule has 2 aromatic heterocycles. The number of aromatic amines is 1. The molecule has 0 spiro atoms. The number of hydrogen-bond donors (Lipinski definition) is 1. The molecular weight excluding hydrogens is 302 g/mol. The summed E-state index contributed by atoms with van der Waals surface area (Å²) in [5.41, 5.74) is -0.188. The molecule has 0 aliphatic heterocycles. The van der Waals surface area contributed by atoms with Crippen LogP contribution < -0.4 is 5.69 Å². The summed E-state index contributed by atoms with van der Waals surface area (Å²) in [4.78, 5) is 20.1. The first-order chi connectivity index (χ1) is 9.67. The molecule has 1 aliphatic rings. The number of aromatic nitrogens is 5. The Balaban J connectivity index is 1.89. The van der Waals surface area contributed by atoms with Gasteiger partial charge in [0.25, 0.3) is 0 Å². The minimum atomic E-state index is -0.188. The van der Waals surface area contributed by atoms with Crippen LogP contribution in [-0.2, 0) is 11.3 Å². The molecule has 0 amide bonds. The predicted octanol–water partition coefficient (Wildman–Crippen LogP) is 1.65. The lowest BCUT2D eigenvalue weighted by Crippen LogP contribution is -2.16. The summed E-state index contributed by atoms with van der Waals surface area (Å²) in [6.07, 6.45) is 2.01. The van der Waals surface area contributed by atoms with Gasteiger partial charge in [0.05, 0.1) is 0 Å². The van der Waals surface area contributed by atoms with Gasteiger partial charge in [-0.15, -0.1) is 5.10 Å². The zero-order valence-electron chi connectivity index (χ0n) is 10.7. The van der Waals surface area contributed by atoms with Crippen LogP contribution in [0.4, 0.5) is 0 Å². The summed E-state index contributed by atoms with van der Waals surface area (Å²) >= 11 is 7.24. The van der Waals surface area contributed by atoms with Crippen LogP contribution >= 0.6 is 23.4 Å². The van der Waals surface area contributed by atoms with Crippen molar-refractivity contribution in [3.8, 4) is 0 Å². The van der Waals surface area contributed by atoms with Crippen LogP contribution in [0.1, 0.15) is 24.7 Å². The molecule has 1 saturated carbocycles. The first-order valence-corrected chi connectivity index (χ1v) is 7.24. The standard InChI is InChI=1S/C11H12ClN5O2S/c1-19-5-8-13-7(12)4-9(14-8)20-11-16-15-10(18)17(11)6-2-3-6/h4,6H,2-3,5H2,1H3,(H,15,18). The van der Waals surface area contributed by atoms with E-state index in [1.807, 2.05) is 0 Å². The van der Waals surface area contributed by atoms with Crippen molar-refractivity contribution in [2.75, 3.05) is 7.11 Å². The number of nitrogens with one attached hydrogen (secondary N) is 1. The summed E-state index contributed by atoms with van der Waals surface area (Å²) in [7, 11) is 1.57. The zero-order valence-corrected chi connectivity index (χ0v) is 12.2. The van der Waals surface area contributed by atoms with E-state index < -0.39 is 0 Å². The molecule has 0 aromatic carbocycles. The van der Waals surface area contributed by atoms with Gasteiger partial charge < -0.3 is 4.74 Å². The molecule has 9 heteroatoms. The van der Waals surface area contributed by atoms with Gasteiger partial charge in [0.1, 0.15) is 16.8 Å². The number of methoxy groups -OCH3 is 1. The molecule has 3 rings (SSSR count). The summed E-state index contributed by atoms with van der Waals surface area (Å²) < 4.78 is 6.66. The summed E-state index contributed by atoms with van der Waals surface area (Å²) in [5, 5.41) is 8.07. The lowest BCUT2D eigenvalue weighted by Gasteiger charge is -2.05. The van der Waals surface area contributed by atoms with Gasteiger partial charge in [0, 0.05) is 19.2 Å². The smallest absolute Gasteiger partial charge is 0.344 e. The Hall–Kier alpha value is -1.38. The van der Waals surface area contributed by atoms with Crippen LogP contribution in [0, 0.1) is 0 Å². The van der Waals surface area contributed by atoms with Crippen molar-refractivity contribution in [1.29, 1.82) is 0 Å². The van der Waals surface area contributed by atoms with E-state index >= 15 is 0 Å². The van der Waals surface area contributed by atoms with Crippen molar-refractivity contribution in [2.24, 2.45) is 0 Å². The quantitative estimate of drug-likeness (QED) is 0.845. The molecule has 2 heterocycles. The van der Waals surface area contributed by atoms with Gasteiger partial charge in [-0.05, 0) is 24.6 Å². The van der Waals surface area contributed by atoms with E-state index in [-0.39, 0.29) is 18.3 Å². The fraction of sp³-hybridized carbons (Fsp3) is 0.455. The maximum Gasteiger partial charge on any atom is 0.344 e. The third kappa shape index (κ3) is 2.87. The second kappa shape index (κ2) is 5.55. The average Bonchev–Trinajstić information content (AvgIpc) is 3.15. The lowest BCUT2D eigenvalue weighted by atomic mass is 10.6. The second-order valence-corrected chi connectivity index (χ2v) is 5.77. The SMILES string of the molecule is COCc1nc(Cl)cc(Sc2n[nH]c(=O)n2C2CC2)n1. The van der Waals surface area contributed by atoms with Gasteiger partial charge in [0.2, 0.25) is 0 Å². The third-order valence-electron chi connectivity index (χ3n) is 2.77. The highest BCUT2D eigenvalue weighted by atomic mass is 35.5. The Bertz CT molecular complexity index is 682. The Kier molecular flexibility index (Phi) is 3.77. The van der Waals surface area contributed by atoms with Gasteiger partial charge in [-0.3, -0.25) is 4.57 Å². The van der Waals surface area contributed by atoms with E-state index in [0.29, 0.717) is 21.2 Å². The molecule has 20 heavy (non-hydrogen) atoms. The Morgan fingerprint density at radius 2 is 2.35 bits per heavy atom. The highest BCUT2D eigenvalue weighted by molar-refractivity contribution is 7.99. The van der Waals surface area contributed by atoms with E-state index in [4.69, 9.17) is 16.3 Å². The average molecular weight is 314 g/mol. The molecule has 1 N–H and O–H groups in total. The Labute approximate surface area is 123 Å². The number of rotatable bonds is 5. The van der Waals surface area contributed by atoms with Crippen molar-refractivity contribution in [3.63, 3.8) is 0 Å². The first kappa shape index (κ1) is 13.6. The molecule has 2 aromatic rings. The Morgan fingerprint density at radius 3 is 3.05 bits per heavy atom. The fourth-order valence-corrected chi connectivity index (χ4v) is 2.99. The molecule has 1 aliphatic carbocycles. The molecule has 106 valence electrons. The molecular formula is C11H12ClN5O2S. The second-order valence-electron chi connectivity index (χ2n) is 4.39.